The fraction of sp³-hybridized carbons (Fsp3) is 0.500. The van der Waals surface area contributed by atoms with Crippen LogP contribution in [0.5, 0.6) is 5.75 Å². The van der Waals surface area contributed by atoms with Crippen molar-refractivity contribution < 1.29 is 4.74 Å². The smallest absolute Gasteiger partial charge is 0.145 e. The van der Waals surface area contributed by atoms with Gasteiger partial charge in [0.2, 0.25) is 0 Å². The summed E-state index contributed by atoms with van der Waals surface area (Å²) in [5.74, 6) is 0.971. The van der Waals surface area contributed by atoms with Gasteiger partial charge < -0.3 is 9.64 Å². The van der Waals surface area contributed by atoms with Gasteiger partial charge in [0.25, 0.3) is 0 Å². The largest absolute Gasteiger partial charge is 0.494 e. The Balaban J connectivity index is 3.62. The van der Waals surface area contributed by atoms with Gasteiger partial charge in [-0.3, -0.25) is 0 Å². The van der Waals surface area contributed by atoms with Crippen molar-refractivity contribution in [2.45, 2.75) is 20.8 Å². The zero-order valence-electron chi connectivity index (χ0n) is 10.2. The lowest BCUT2D eigenvalue weighted by Crippen LogP contribution is -2.13. The first-order chi connectivity index (χ1) is 6.91. The Morgan fingerprint density at radius 1 is 1.00 bits per heavy atom. The minimum atomic E-state index is 0.971. The highest BCUT2D eigenvalue weighted by atomic mass is 79.9. The van der Waals surface area contributed by atoms with E-state index in [1.165, 1.54) is 21.2 Å². The lowest BCUT2D eigenvalue weighted by molar-refractivity contribution is 0.411. The van der Waals surface area contributed by atoms with Crippen molar-refractivity contribution in [3.05, 3.63) is 21.2 Å². The fourth-order valence-corrected chi connectivity index (χ4v) is 2.34. The SMILES string of the molecule is COc1c(C)c(C)c(Br)c(C)c1N(C)C. The molecule has 0 aliphatic rings. The van der Waals surface area contributed by atoms with Gasteiger partial charge in [0, 0.05) is 18.6 Å². The van der Waals surface area contributed by atoms with Crippen LogP contribution in [0.15, 0.2) is 4.47 Å². The Bertz CT molecular complexity index is 386. The molecule has 0 aliphatic heterocycles. The molecular weight excluding hydrogens is 254 g/mol. The Kier molecular flexibility index (Phi) is 3.66. The highest BCUT2D eigenvalue weighted by molar-refractivity contribution is 9.10. The summed E-state index contributed by atoms with van der Waals surface area (Å²) in [6, 6.07) is 0. The number of methoxy groups -OCH3 is 1. The van der Waals surface area contributed by atoms with Gasteiger partial charge in [-0.1, -0.05) is 15.9 Å². The summed E-state index contributed by atoms with van der Waals surface area (Å²) < 4.78 is 6.66. The van der Waals surface area contributed by atoms with Gasteiger partial charge in [-0.2, -0.15) is 0 Å². The summed E-state index contributed by atoms with van der Waals surface area (Å²) in [6.45, 7) is 6.30. The lowest BCUT2D eigenvalue weighted by Gasteiger charge is -2.23. The topological polar surface area (TPSA) is 12.5 Å². The van der Waals surface area contributed by atoms with Crippen molar-refractivity contribution in [3.63, 3.8) is 0 Å². The van der Waals surface area contributed by atoms with E-state index in [4.69, 9.17) is 4.74 Å². The van der Waals surface area contributed by atoms with E-state index in [1.807, 2.05) is 14.1 Å². The molecule has 0 aliphatic carbocycles. The van der Waals surface area contributed by atoms with E-state index in [0.29, 0.717) is 0 Å². The average Bonchev–Trinajstić information content (AvgIpc) is 2.19. The Hall–Kier alpha value is -0.700. The van der Waals surface area contributed by atoms with Gasteiger partial charge in [-0.05, 0) is 37.5 Å². The van der Waals surface area contributed by atoms with Crippen molar-refractivity contribution in [3.8, 4) is 5.75 Å². The van der Waals surface area contributed by atoms with Crippen molar-refractivity contribution in [2.75, 3.05) is 26.1 Å². The molecule has 1 aromatic carbocycles. The fourth-order valence-electron chi connectivity index (χ4n) is 1.86. The first-order valence-corrected chi connectivity index (χ1v) is 5.71. The monoisotopic (exact) mass is 271 g/mol. The van der Waals surface area contributed by atoms with E-state index in [-0.39, 0.29) is 0 Å². The van der Waals surface area contributed by atoms with Gasteiger partial charge in [0.1, 0.15) is 5.75 Å². The second-order valence-corrected chi connectivity index (χ2v) is 4.76. The number of nitrogens with zero attached hydrogens (tertiary/aromatic N) is 1. The van der Waals surface area contributed by atoms with E-state index in [0.717, 1.165) is 11.4 Å². The van der Waals surface area contributed by atoms with Crippen molar-refractivity contribution in [1.29, 1.82) is 0 Å². The molecular formula is C12H18BrNO. The molecule has 84 valence electrons. The normalized spacial score (nSPS) is 10.3. The van der Waals surface area contributed by atoms with Crippen molar-refractivity contribution >= 4 is 21.6 Å². The Labute approximate surface area is 100 Å². The first-order valence-electron chi connectivity index (χ1n) is 4.92. The maximum Gasteiger partial charge on any atom is 0.145 e. The molecule has 0 spiro atoms. The summed E-state index contributed by atoms with van der Waals surface area (Å²) in [4.78, 5) is 2.09. The molecule has 0 aromatic heterocycles. The van der Waals surface area contributed by atoms with Crippen molar-refractivity contribution in [2.24, 2.45) is 0 Å². The Morgan fingerprint density at radius 3 is 1.93 bits per heavy atom. The maximum absolute atomic E-state index is 5.49. The second kappa shape index (κ2) is 4.44. The van der Waals surface area contributed by atoms with E-state index in [2.05, 4.69) is 41.6 Å². The van der Waals surface area contributed by atoms with Crippen LogP contribution in [0.2, 0.25) is 0 Å². The average molecular weight is 272 g/mol. The minimum Gasteiger partial charge on any atom is -0.494 e. The van der Waals surface area contributed by atoms with Gasteiger partial charge >= 0.3 is 0 Å². The molecule has 0 atom stereocenters. The van der Waals surface area contributed by atoms with Crippen LogP contribution >= 0.6 is 15.9 Å². The van der Waals surface area contributed by atoms with Crippen LogP contribution < -0.4 is 9.64 Å². The lowest BCUT2D eigenvalue weighted by atomic mass is 10.0. The highest BCUT2D eigenvalue weighted by Gasteiger charge is 2.17. The minimum absolute atomic E-state index is 0.971. The van der Waals surface area contributed by atoms with Crippen LogP contribution in [-0.2, 0) is 0 Å². The molecule has 3 heteroatoms. The summed E-state index contributed by atoms with van der Waals surface area (Å²) in [5.41, 5.74) is 4.81. The number of hydrogen-bond acceptors (Lipinski definition) is 2. The van der Waals surface area contributed by atoms with Gasteiger partial charge in [-0.15, -0.1) is 0 Å². The quantitative estimate of drug-likeness (QED) is 0.817. The number of halogens is 1. The molecule has 0 heterocycles. The van der Waals surface area contributed by atoms with Crippen LogP contribution in [-0.4, -0.2) is 21.2 Å². The summed E-state index contributed by atoms with van der Waals surface area (Å²) in [5, 5.41) is 0. The number of hydrogen-bond donors (Lipinski definition) is 0. The predicted molar refractivity (Wildman–Crippen MR) is 69.2 cm³/mol. The first kappa shape index (κ1) is 12.4. The molecule has 0 unspecified atom stereocenters. The Morgan fingerprint density at radius 2 is 1.53 bits per heavy atom. The maximum atomic E-state index is 5.49. The molecule has 0 saturated heterocycles. The van der Waals surface area contributed by atoms with Gasteiger partial charge in [-0.25, -0.2) is 0 Å². The molecule has 15 heavy (non-hydrogen) atoms. The van der Waals surface area contributed by atoms with Crippen LogP contribution in [0.1, 0.15) is 16.7 Å². The number of benzene rings is 1. The molecule has 0 saturated carbocycles. The number of ether oxygens (including phenoxy) is 1. The van der Waals surface area contributed by atoms with E-state index < -0.39 is 0 Å². The molecule has 0 N–H and O–H groups in total. The molecule has 0 bridgehead atoms. The van der Waals surface area contributed by atoms with Crippen molar-refractivity contribution in [1.82, 2.24) is 0 Å². The van der Waals surface area contributed by atoms with Crippen LogP contribution in [0.4, 0.5) is 5.69 Å². The molecule has 1 aromatic rings. The molecule has 0 radical (unpaired) electrons. The van der Waals surface area contributed by atoms with E-state index in [9.17, 15) is 0 Å². The second-order valence-electron chi connectivity index (χ2n) is 3.97. The zero-order valence-corrected chi connectivity index (χ0v) is 11.8. The zero-order chi connectivity index (χ0) is 11.7. The number of anilines is 1. The third kappa shape index (κ3) is 1.98. The summed E-state index contributed by atoms with van der Waals surface area (Å²) in [7, 11) is 5.79. The molecule has 1 rings (SSSR count). The van der Waals surface area contributed by atoms with Gasteiger partial charge in [0.15, 0.2) is 0 Å². The van der Waals surface area contributed by atoms with Crippen LogP contribution in [0.3, 0.4) is 0 Å². The highest BCUT2D eigenvalue weighted by Crippen LogP contribution is 2.40. The molecule has 0 amide bonds. The summed E-state index contributed by atoms with van der Waals surface area (Å²) in [6.07, 6.45) is 0. The third-order valence-electron chi connectivity index (χ3n) is 2.78. The molecule has 0 fully saturated rings. The van der Waals surface area contributed by atoms with Gasteiger partial charge in [0.05, 0.1) is 12.8 Å². The standard InChI is InChI=1S/C12H18BrNO/c1-7-8(2)12(15-6)11(14(4)5)9(3)10(7)13/h1-6H3. The summed E-state index contributed by atoms with van der Waals surface area (Å²) >= 11 is 3.63. The van der Waals surface area contributed by atoms with Crippen LogP contribution in [0, 0.1) is 20.8 Å². The van der Waals surface area contributed by atoms with E-state index in [1.54, 1.807) is 7.11 Å². The number of rotatable bonds is 2. The predicted octanol–water partition coefficient (Wildman–Crippen LogP) is 3.45. The van der Waals surface area contributed by atoms with E-state index >= 15 is 0 Å². The van der Waals surface area contributed by atoms with Crippen LogP contribution in [0.25, 0.3) is 0 Å². The third-order valence-corrected chi connectivity index (χ3v) is 3.97. The molecule has 2 nitrogen and oxygen atoms in total.